The minimum absolute atomic E-state index is 0.0197. The van der Waals surface area contributed by atoms with Crippen LogP contribution in [0.15, 0.2) is 53.4 Å². The number of ether oxygens (including phenoxy) is 1. The molecule has 0 bridgehead atoms. The summed E-state index contributed by atoms with van der Waals surface area (Å²) in [6, 6.07) is 9.52. The highest BCUT2D eigenvalue weighted by atomic mass is 35.5. The van der Waals surface area contributed by atoms with Crippen LogP contribution >= 0.6 is 11.6 Å². The van der Waals surface area contributed by atoms with E-state index in [1.807, 2.05) is 4.90 Å². The molecule has 3 aromatic rings. The molecule has 6 N–H and O–H groups in total. The lowest BCUT2D eigenvalue weighted by molar-refractivity contribution is -0.198. The van der Waals surface area contributed by atoms with Gasteiger partial charge < -0.3 is 25.8 Å². The lowest BCUT2D eigenvalue weighted by Gasteiger charge is -2.39. The van der Waals surface area contributed by atoms with Gasteiger partial charge in [0.2, 0.25) is 28.0 Å². The Morgan fingerprint density at radius 3 is 2.51 bits per heavy atom. The number of nitrogens with zero attached hydrogens (tertiary/aromatic N) is 3. The molecule has 11 nitrogen and oxygen atoms in total. The second-order valence-corrected chi connectivity index (χ2v) is 12.7. The first-order chi connectivity index (χ1) is 20.1. The number of nitrogens with one attached hydrogen (secondary N) is 1. The first kappa shape index (κ1) is 30.8. The van der Waals surface area contributed by atoms with Gasteiger partial charge in [-0.3, -0.25) is 4.79 Å². The van der Waals surface area contributed by atoms with Crippen LogP contribution in [0.1, 0.15) is 30.9 Å². The van der Waals surface area contributed by atoms with E-state index in [2.05, 4.69) is 15.3 Å². The average molecular weight is 641 g/mol. The topological polar surface area (TPSA) is 174 Å². The van der Waals surface area contributed by atoms with Gasteiger partial charge in [0.25, 0.3) is 0 Å². The van der Waals surface area contributed by atoms with Gasteiger partial charge in [0, 0.05) is 36.3 Å². The van der Waals surface area contributed by atoms with Crippen molar-refractivity contribution in [1.82, 2.24) is 15.3 Å². The summed E-state index contributed by atoms with van der Waals surface area (Å²) in [6.07, 6.45) is -5.68. The zero-order valence-corrected chi connectivity index (χ0v) is 24.1. The molecule has 2 aliphatic rings. The molecule has 43 heavy (non-hydrogen) atoms. The van der Waals surface area contributed by atoms with Gasteiger partial charge in [0.05, 0.1) is 4.90 Å². The number of sulfonamides is 1. The lowest BCUT2D eigenvalue weighted by Crippen LogP contribution is -2.41. The van der Waals surface area contributed by atoms with E-state index < -0.39 is 40.2 Å². The average Bonchev–Trinajstić information content (AvgIpc) is 3.35. The summed E-state index contributed by atoms with van der Waals surface area (Å²) in [6.45, 7) is 1.53. The molecule has 0 aliphatic carbocycles. The van der Waals surface area contributed by atoms with Crippen LogP contribution in [0.5, 0.6) is 5.88 Å². The molecule has 0 amide bonds. The molecule has 2 fully saturated rings. The molecule has 1 spiro atoms. The summed E-state index contributed by atoms with van der Waals surface area (Å²) in [4.78, 5) is 21.0. The number of alkyl halides is 3. The summed E-state index contributed by atoms with van der Waals surface area (Å²) < 4.78 is 73.0. The maximum Gasteiger partial charge on any atom is 0.429 e. The van der Waals surface area contributed by atoms with E-state index in [0.29, 0.717) is 38.9 Å². The number of carboxylic acids is 1. The lowest BCUT2D eigenvalue weighted by atomic mass is 9.76. The number of carbonyl (C=O) groups is 1. The normalized spacial score (nSPS) is 19.4. The summed E-state index contributed by atoms with van der Waals surface area (Å²) in [5, 5.41) is 17.7. The van der Waals surface area contributed by atoms with Gasteiger partial charge in [-0.25, -0.2) is 13.6 Å². The van der Waals surface area contributed by atoms with Crippen molar-refractivity contribution in [2.24, 2.45) is 10.6 Å². The van der Waals surface area contributed by atoms with Crippen molar-refractivity contribution in [3.05, 3.63) is 59.1 Å². The molecular formula is C27H28ClF3N6O5S. The van der Waals surface area contributed by atoms with Crippen molar-refractivity contribution in [3.8, 4) is 17.0 Å². The third-order valence-electron chi connectivity index (χ3n) is 7.82. The van der Waals surface area contributed by atoms with Crippen molar-refractivity contribution >= 4 is 39.4 Å². The van der Waals surface area contributed by atoms with Gasteiger partial charge in [-0.2, -0.15) is 23.1 Å². The Hall–Kier alpha value is -3.66. The fraction of sp³-hybridized carbons (Fsp3) is 0.370. The maximum absolute atomic E-state index is 14.6. The minimum Gasteiger partial charge on any atom is -0.480 e. The molecule has 230 valence electrons. The number of nitrogens with two attached hydrogens (primary N) is 2. The largest absolute Gasteiger partial charge is 0.480 e. The zero-order chi connectivity index (χ0) is 31.2. The van der Waals surface area contributed by atoms with Crippen LogP contribution in [0, 0.1) is 5.41 Å². The van der Waals surface area contributed by atoms with Crippen molar-refractivity contribution in [3.63, 3.8) is 0 Å². The number of primary sulfonamides is 1. The second-order valence-electron chi connectivity index (χ2n) is 10.7. The van der Waals surface area contributed by atoms with Gasteiger partial charge in [0.1, 0.15) is 11.9 Å². The number of hydrogen-bond acceptors (Lipinski definition) is 9. The number of halogens is 4. The van der Waals surface area contributed by atoms with E-state index in [0.717, 1.165) is 12.1 Å². The third-order valence-corrected chi connectivity index (χ3v) is 8.97. The maximum atomic E-state index is 14.6. The Balaban J connectivity index is 1.44. The van der Waals surface area contributed by atoms with E-state index >= 15 is 0 Å². The van der Waals surface area contributed by atoms with Crippen LogP contribution in [0.25, 0.3) is 11.1 Å². The summed E-state index contributed by atoms with van der Waals surface area (Å²) in [7, 11) is -4.14. The fourth-order valence-corrected chi connectivity index (χ4v) is 6.34. The van der Waals surface area contributed by atoms with Crippen LogP contribution in [0.3, 0.4) is 0 Å². The van der Waals surface area contributed by atoms with Crippen molar-refractivity contribution in [2.75, 3.05) is 30.3 Å². The standard InChI is InChI=1S/C27H28ClF3N6O5S/c28-16-4-5-18(19(11-16)15-2-1-3-17(10-15)43(33,40)41)23(27(29,30)31)42-22-12-21(35-25(32)36-22)37-8-6-26(7-9-37)13-20(24(38)39)34-14-26/h1-5,10-12,20,23,34H,6-9,13-14H2,(H,38,39)(H2,32,35,36)(H2,33,40,41)/t20-,23?/m0/s1. The van der Waals surface area contributed by atoms with Gasteiger partial charge in [-0.05, 0) is 60.1 Å². The highest BCUT2D eigenvalue weighted by Crippen LogP contribution is 2.43. The molecule has 2 atom stereocenters. The SMILES string of the molecule is Nc1nc(OC(c2ccc(Cl)cc2-c2cccc(S(N)(=O)=O)c2)C(F)(F)F)cc(N2CCC3(CC2)CN[C@H](C(=O)O)C3)n1. The molecule has 2 aliphatic heterocycles. The first-order valence-electron chi connectivity index (χ1n) is 13.2. The monoisotopic (exact) mass is 640 g/mol. The number of hydrogen-bond donors (Lipinski definition) is 4. The number of benzene rings is 2. The number of piperidine rings is 1. The molecular weight excluding hydrogens is 613 g/mol. The van der Waals surface area contributed by atoms with Crippen LogP contribution in [0.4, 0.5) is 24.9 Å². The van der Waals surface area contributed by atoms with Gasteiger partial charge in [-0.1, -0.05) is 29.8 Å². The Morgan fingerprint density at radius 2 is 1.88 bits per heavy atom. The number of nitrogen functional groups attached to an aromatic ring is 1. The van der Waals surface area contributed by atoms with E-state index in [4.69, 9.17) is 27.2 Å². The molecule has 0 saturated carbocycles. The number of aliphatic carboxylic acids is 1. The molecule has 16 heteroatoms. The number of rotatable bonds is 7. The molecule has 1 aromatic heterocycles. The van der Waals surface area contributed by atoms with E-state index in [9.17, 15) is 31.5 Å². The molecule has 3 heterocycles. The predicted molar refractivity (Wildman–Crippen MR) is 152 cm³/mol. The smallest absolute Gasteiger partial charge is 0.429 e. The molecule has 1 unspecified atom stereocenters. The van der Waals surface area contributed by atoms with Crippen LogP contribution < -0.4 is 25.8 Å². The van der Waals surface area contributed by atoms with Crippen molar-refractivity contribution in [2.45, 2.75) is 42.5 Å². The van der Waals surface area contributed by atoms with Crippen molar-refractivity contribution in [1.29, 1.82) is 0 Å². The van der Waals surface area contributed by atoms with Crippen LogP contribution in [-0.2, 0) is 14.8 Å². The Morgan fingerprint density at radius 1 is 1.16 bits per heavy atom. The number of carboxylic acid groups (broad SMARTS) is 1. The highest BCUT2D eigenvalue weighted by molar-refractivity contribution is 7.89. The van der Waals surface area contributed by atoms with Gasteiger partial charge in [-0.15, -0.1) is 0 Å². The second kappa shape index (κ2) is 11.4. The van der Waals surface area contributed by atoms with E-state index in [-0.39, 0.29) is 43.8 Å². The quantitative estimate of drug-likeness (QED) is 0.298. The highest BCUT2D eigenvalue weighted by Gasteiger charge is 2.46. The van der Waals surface area contributed by atoms with Crippen LogP contribution in [-0.4, -0.2) is 61.3 Å². The summed E-state index contributed by atoms with van der Waals surface area (Å²) in [5.74, 6) is -1.34. The Bertz CT molecular complexity index is 1650. The molecule has 2 aromatic carbocycles. The number of aromatic nitrogens is 2. The molecule has 5 rings (SSSR count). The van der Waals surface area contributed by atoms with Crippen molar-refractivity contribution < 1.29 is 36.2 Å². The Kier molecular flexibility index (Phi) is 8.19. The zero-order valence-electron chi connectivity index (χ0n) is 22.5. The molecule has 0 radical (unpaired) electrons. The first-order valence-corrected chi connectivity index (χ1v) is 15.1. The fourth-order valence-electron chi connectivity index (χ4n) is 5.61. The summed E-state index contributed by atoms with van der Waals surface area (Å²) >= 11 is 6.13. The molecule has 2 saturated heterocycles. The summed E-state index contributed by atoms with van der Waals surface area (Å²) in [5.41, 5.74) is 5.45. The van der Waals surface area contributed by atoms with E-state index in [1.165, 1.54) is 36.4 Å². The third kappa shape index (κ3) is 6.79. The van der Waals surface area contributed by atoms with Gasteiger partial charge in [0.15, 0.2) is 0 Å². The van der Waals surface area contributed by atoms with Gasteiger partial charge >= 0.3 is 12.1 Å². The Labute approximate surface area is 250 Å². The van der Waals surface area contributed by atoms with Crippen LogP contribution in [0.2, 0.25) is 5.02 Å². The predicted octanol–water partition coefficient (Wildman–Crippen LogP) is 3.74. The minimum atomic E-state index is -4.94. The van der Waals surface area contributed by atoms with E-state index in [1.54, 1.807) is 0 Å². The number of anilines is 2.